The molecule has 35 heavy (non-hydrogen) atoms. The van der Waals surface area contributed by atoms with Crippen molar-refractivity contribution in [1.82, 2.24) is 10.2 Å². The summed E-state index contributed by atoms with van der Waals surface area (Å²) in [7, 11) is 0. The van der Waals surface area contributed by atoms with E-state index in [1.54, 1.807) is 9.80 Å². The monoisotopic (exact) mass is 487 g/mol. The molecule has 2 aromatic carbocycles. The van der Waals surface area contributed by atoms with Gasteiger partial charge < -0.3 is 15.1 Å². The van der Waals surface area contributed by atoms with Gasteiger partial charge in [-0.25, -0.2) is 0 Å². The van der Waals surface area contributed by atoms with Crippen LogP contribution in [-0.2, 0) is 20.6 Å². The number of amides is 3. The number of nitrogens with zero attached hydrogens (tertiary/aromatic N) is 2. The molecule has 9 heteroatoms. The smallest absolute Gasteiger partial charge is 0.347 e. The molecule has 0 spiro atoms. The van der Waals surface area contributed by atoms with Crippen LogP contribution < -0.4 is 10.2 Å². The standard InChI is InChI=1S/C26H28F3N3O3/c1-16-6-3-9-22(17(16)2)32-14-19(13-24(32)34)25(35)30-21(15-31-11-5-10-23(31)33)18-7-4-8-20(12-18)26(27,28)29/h3-4,6-9,12,19,21H,5,10-11,13-15H2,1-2H3,(H,30,35). The summed E-state index contributed by atoms with van der Waals surface area (Å²) in [6.07, 6.45) is -3.47. The second-order valence-electron chi connectivity index (χ2n) is 9.25. The number of anilines is 1. The van der Waals surface area contributed by atoms with E-state index in [1.807, 2.05) is 32.0 Å². The third-order valence-corrected chi connectivity index (χ3v) is 6.87. The van der Waals surface area contributed by atoms with E-state index in [0.717, 1.165) is 28.9 Å². The van der Waals surface area contributed by atoms with Crippen molar-refractivity contribution < 1.29 is 27.6 Å². The van der Waals surface area contributed by atoms with E-state index in [1.165, 1.54) is 12.1 Å². The minimum Gasteiger partial charge on any atom is -0.347 e. The normalized spacial score (nSPS) is 19.4. The van der Waals surface area contributed by atoms with Crippen molar-refractivity contribution in [2.75, 3.05) is 24.5 Å². The Morgan fingerprint density at radius 2 is 1.86 bits per heavy atom. The van der Waals surface area contributed by atoms with Gasteiger partial charge in [-0.2, -0.15) is 13.2 Å². The predicted molar refractivity (Wildman–Crippen MR) is 125 cm³/mol. The second-order valence-corrected chi connectivity index (χ2v) is 9.25. The molecular formula is C26H28F3N3O3. The average Bonchev–Trinajstić information content (AvgIpc) is 3.40. The molecule has 0 aliphatic carbocycles. The van der Waals surface area contributed by atoms with Crippen LogP contribution >= 0.6 is 0 Å². The maximum atomic E-state index is 13.3. The Hall–Kier alpha value is -3.36. The lowest BCUT2D eigenvalue weighted by Gasteiger charge is -2.27. The highest BCUT2D eigenvalue weighted by molar-refractivity contribution is 6.01. The highest BCUT2D eigenvalue weighted by atomic mass is 19.4. The first kappa shape index (κ1) is 24.8. The van der Waals surface area contributed by atoms with Crippen LogP contribution in [0.25, 0.3) is 0 Å². The van der Waals surface area contributed by atoms with Gasteiger partial charge in [0.25, 0.3) is 0 Å². The van der Waals surface area contributed by atoms with Crippen LogP contribution in [0.1, 0.15) is 47.6 Å². The fraction of sp³-hybridized carbons (Fsp3) is 0.423. The molecule has 2 saturated heterocycles. The Bertz CT molecular complexity index is 1150. The van der Waals surface area contributed by atoms with Crippen LogP contribution in [0, 0.1) is 19.8 Å². The lowest BCUT2D eigenvalue weighted by atomic mass is 10.0. The number of benzene rings is 2. The maximum absolute atomic E-state index is 13.3. The lowest BCUT2D eigenvalue weighted by molar-refractivity contribution is -0.137. The molecule has 2 aromatic rings. The van der Waals surface area contributed by atoms with Crippen molar-refractivity contribution in [2.24, 2.45) is 5.92 Å². The van der Waals surface area contributed by atoms with E-state index in [0.29, 0.717) is 19.4 Å². The van der Waals surface area contributed by atoms with Gasteiger partial charge in [-0.15, -0.1) is 0 Å². The number of alkyl halides is 3. The summed E-state index contributed by atoms with van der Waals surface area (Å²) < 4.78 is 40.0. The largest absolute Gasteiger partial charge is 0.416 e. The summed E-state index contributed by atoms with van der Waals surface area (Å²) in [5.74, 6) is -1.33. The van der Waals surface area contributed by atoms with Crippen LogP contribution in [0.4, 0.5) is 18.9 Å². The number of aryl methyl sites for hydroxylation is 1. The highest BCUT2D eigenvalue weighted by Crippen LogP contribution is 2.32. The van der Waals surface area contributed by atoms with Gasteiger partial charge in [-0.05, 0) is 55.2 Å². The number of hydrogen-bond donors (Lipinski definition) is 1. The molecule has 186 valence electrons. The first-order chi connectivity index (χ1) is 16.5. The minimum absolute atomic E-state index is 0.0111. The van der Waals surface area contributed by atoms with Gasteiger partial charge in [0.15, 0.2) is 0 Å². The van der Waals surface area contributed by atoms with E-state index in [-0.39, 0.29) is 36.9 Å². The molecule has 0 saturated carbocycles. The molecule has 1 N–H and O–H groups in total. The number of halogens is 3. The molecule has 2 fully saturated rings. The number of carbonyl (C=O) groups is 3. The summed E-state index contributed by atoms with van der Waals surface area (Å²) in [5.41, 5.74) is 2.18. The lowest BCUT2D eigenvalue weighted by Crippen LogP contribution is -2.41. The zero-order valence-corrected chi connectivity index (χ0v) is 19.7. The van der Waals surface area contributed by atoms with Crippen LogP contribution in [-0.4, -0.2) is 42.3 Å². The maximum Gasteiger partial charge on any atom is 0.416 e. The number of hydrogen-bond acceptors (Lipinski definition) is 3. The van der Waals surface area contributed by atoms with Gasteiger partial charge in [0, 0.05) is 38.2 Å². The van der Waals surface area contributed by atoms with Gasteiger partial charge in [-0.3, -0.25) is 14.4 Å². The van der Waals surface area contributed by atoms with Crippen molar-refractivity contribution in [1.29, 1.82) is 0 Å². The van der Waals surface area contributed by atoms with Crippen LogP contribution in [0.2, 0.25) is 0 Å². The first-order valence-electron chi connectivity index (χ1n) is 11.7. The highest BCUT2D eigenvalue weighted by Gasteiger charge is 2.38. The third-order valence-electron chi connectivity index (χ3n) is 6.87. The van der Waals surface area contributed by atoms with Crippen molar-refractivity contribution >= 4 is 23.4 Å². The fourth-order valence-electron chi connectivity index (χ4n) is 4.72. The van der Waals surface area contributed by atoms with Crippen LogP contribution in [0.3, 0.4) is 0 Å². The number of nitrogens with one attached hydrogen (secondary N) is 1. The summed E-state index contributed by atoms with van der Waals surface area (Å²) in [6.45, 7) is 4.62. The van der Waals surface area contributed by atoms with Gasteiger partial charge in [0.1, 0.15) is 0 Å². The van der Waals surface area contributed by atoms with Crippen molar-refractivity contribution in [3.8, 4) is 0 Å². The van der Waals surface area contributed by atoms with Crippen molar-refractivity contribution in [3.05, 3.63) is 64.7 Å². The zero-order valence-electron chi connectivity index (χ0n) is 19.7. The van der Waals surface area contributed by atoms with E-state index in [2.05, 4.69) is 5.32 Å². The molecule has 2 aliphatic rings. The number of rotatable bonds is 6. The summed E-state index contributed by atoms with van der Waals surface area (Å²) in [5, 5.41) is 2.84. The summed E-state index contributed by atoms with van der Waals surface area (Å²) in [4.78, 5) is 41.3. The second kappa shape index (κ2) is 9.71. The molecule has 2 aliphatic heterocycles. The molecule has 2 heterocycles. The first-order valence-corrected chi connectivity index (χ1v) is 11.7. The SMILES string of the molecule is Cc1cccc(N2CC(C(=O)NC(CN3CCCC3=O)c3cccc(C(F)(F)F)c3)CC2=O)c1C. The topological polar surface area (TPSA) is 69.7 Å². The molecule has 2 unspecified atom stereocenters. The van der Waals surface area contributed by atoms with Crippen LogP contribution in [0.5, 0.6) is 0 Å². The molecule has 0 bridgehead atoms. The van der Waals surface area contributed by atoms with Gasteiger partial charge in [0.05, 0.1) is 17.5 Å². The van der Waals surface area contributed by atoms with E-state index in [4.69, 9.17) is 0 Å². The molecule has 3 amide bonds. The molecule has 0 radical (unpaired) electrons. The zero-order chi connectivity index (χ0) is 25.3. The third kappa shape index (κ3) is 5.33. The Morgan fingerprint density at radius 1 is 1.11 bits per heavy atom. The number of carbonyl (C=O) groups excluding carboxylic acids is 3. The van der Waals surface area contributed by atoms with Crippen molar-refractivity contribution in [2.45, 2.75) is 45.3 Å². The Morgan fingerprint density at radius 3 is 2.54 bits per heavy atom. The fourth-order valence-corrected chi connectivity index (χ4v) is 4.72. The molecule has 4 rings (SSSR count). The van der Waals surface area contributed by atoms with Crippen LogP contribution in [0.15, 0.2) is 42.5 Å². The van der Waals surface area contributed by atoms with Gasteiger partial charge in [0.2, 0.25) is 17.7 Å². The quantitative estimate of drug-likeness (QED) is 0.666. The van der Waals surface area contributed by atoms with Crippen molar-refractivity contribution in [3.63, 3.8) is 0 Å². The molecular weight excluding hydrogens is 459 g/mol. The number of likely N-dealkylation sites (tertiary alicyclic amines) is 1. The van der Waals surface area contributed by atoms with Gasteiger partial charge >= 0.3 is 6.18 Å². The average molecular weight is 488 g/mol. The van der Waals surface area contributed by atoms with Gasteiger partial charge in [-0.1, -0.05) is 24.3 Å². The summed E-state index contributed by atoms with van der Waals surface area (Å²) >= 11 is 0. The minimum atomic E-state index is -4.53. The van der Waals surface area contributed by atoms with E-state index < -0.39 is 29.6 Å². The Balaban J connectivity index is 1.55. The molecule has 2 atom stereocenters. The Kier molecular flexibility index (Phi) is 6.87. The Labute approximate surface area is 202 Å². The molecule has 6 nitrogen and oxygen atoms in total. The summed E-state index contributed by atoms with van der Waals surface area (Å²) in [6, 6.07) is 9.61. The van der Waals surface area contributed by atoms with E-state index in [9.17, 15) is 27.6 Å². The van der Waals surface area contributed by atoms with E-state index >= 15 is 0 Å². The molecule has 0 aromatic heterocycles. The predicted octanol–water partition coefficient (Wildman–Crippen LogP) is 4.16.